The minimum Gasteiger partial charge on any atom is -0.308 e. The van der Waals surface area contributed by atoms with Crippen LogP contribution in [0.1, 0.15) is 38.7 Å². The average Bonchev–Trinajstić information content (AvgIpc) is 3.91. The average molecular weight is 707 g/mol. The second-order valence-corrected chi connectivity index (χ2v) is 14.8. The largest absolute Gasteiger partial charge is 0.308 e. The predicted molar refractivity (Wildman–Crippen MR) is 221 cm³/mol. The first-order valence-corrected chi connectivity index (χ1v) is 18.0. The van der Waals surface area contributed by atoms with E-state index < -0.39 is 60.4 Å². The van der Waals surface area contributed by atoms with E-state index in [1.54, 1.807) is 11.3 Å². The molecule has 0 aliphatic heterocycles. The van der Waals surface area contributed by atoms with Gasteiger partial charge in [0.25, 0.3) is 0 Å². The standard InChI is InChI=1S/C48H32N4S/c1-48(2)37-20-11-9-18-32(37)34-26-27-35-33-19-10-12-21-38(33)52(44(35)43(34)48)39-22-13-23-40-42(39)36-25-24-31(28-41(36)53-40)47-50-45(29-14-5-3-6-15-29)49-46(51-47)30-16-7-4-8-17-30/h3-28H,1-2H3/i3D,4D,5D,6D,7D,8D,14D,15D,16D,17D. The molecule has 0 atom stereocenters. The number of rotatable bonds is 4. The van der Waals surface area contributed by atoms with Crippen LogP contribution in [0, 0.1) is 0 Å². The number of nitrogens with zero attached hydrogens (tertiary/aromatic N) is 4. The van der Waals surface area contributed by atoms with Crippen molar-refractivity contribution >= 4 is 53.3 Å². The molecule has 0 N–H and O–H groups in total. The lowest BCUT2D eigenvalue weighted by Crippen LogP contribution is -2.16. The van der Waals surface area contributed by atoms with Crippen molar-refractivity contribution in [3.05, 3.63) is 169 Å². The number of hydrogen-bond acceptors (Lipinski definition) is 4. The summed E-state index contributed by atoms with van der Waals surface area (Å²) in [6.45, 7) is 4.60. The van der Waals surface area contributed by atoms with Gasteiger partial charge in [0.1, 0.15) is 0 Å². The van der Waals surface area contributed by atoms with Crippen molar-refractivity contribution in [3.63, 3.8) is 0 Å². The number of aromatic nitrogens is 4. The second kappa shape index (κ2) is 11.3. The quantitative estimate of drug-likeness (QED) is 0.183. The van der Waals surface area contributed by atoms with Gasteiger partial charge in [-0.15, -0.1) is 11.3 Å². The molecule has 7 aromatic carbocycles. The molecule has 250 valence electrons. The Morgan fingerprint density at radius 2 is 1.23 bits per heavy atom. The molecule has 5 heteroatoms. The molecule has 3 aromatic heterocycles. The molecular weight excluding hydrogens is 665 g/mol. The van der Waals surface area contributed by atoms with Gasteiger partial charge in [0.15, 0.2) is 17.5 Å². The third-order valence-electron chi connectivity index (χ3n) is 10.4. The van der Waals surface area contributed by atoms with Gasteiger partial charge in [0.05, 0.1) is 30.4 Å². The number of hydrogen-bond donors (Lipinski definition) is 0. The predicted octanol–water partition coefficient (Wildman–Crippen LogP) is 12.6. The highest BCUT2D eigenvalue weighted by molar-refractivity contribution is 7.26. The lowest BCUT2D eigenvalue weighted by molar-refractivity contribution is 0.664. The molecule has 0 fully saturated rings. The zero-order valence-electron chi connectivity index (χ0n) is 38.4. The van der Waals surface area contributed by atoms with E-state index in [4.69, 9.17) is 13.7 Å². The first kappa shape index (κ1) is 21.8. The summed E-state index contributed by atoms with van der Waals surface area (Å²) in [7, 11) is 0. The highest BCUT2D eigenvalue weighted by Crippen LogP contribution is 2.53. The zero-order valence-corrected chi connectivity index (χ0v) is 29.3. The number of thiophene rings is 1. The molecular formula is C48H32N4S. The summed E-state index contributed by atoms with van der Waals surface area (Å²) in [6.07, 6.45) is 0. The van der Waals surface area contributed by atoms with E-state index in [0.717, 1.165) is 42.3 Å². The van der Waals surface area contributed by atoms with E-state index in [9.17, 15) is 0 Å². The Bertz CT molecular complexity index is 3540. The molecule has 0 bridgehead atoms. The highest BCUT2D eigenvalue weighted by atomic mass is 32.1. The van der Waals surface area contributed by atoms with E-state index in [-0.39, 0.29) is 34.0 Å². The van der Waals surface area contributed by atoms with Gasteiger partial charge in [-0.1, -0.05) is 147 Å². The van der Waals surface area contributed by atoms with Crippen LogP contribution in [0.3, 0.4) is 0 Å². The van der Waals surface area contributed by atoms with Crippen LogP contribution in [-0.4, -0.2) is 19.5 Å². The van der Waals surface area contributed by atoms with Crippen LogP contribution in [0.4, 0.5) is 0 Å². The van der Waals surface area contributed by atoms with Gasteiger partial charge in [0.2, 0.25) is 0 Å². The maximum absolute atomic E-state index is 8.72. The van der Waals surface area contributed by atoms with Crippen molar-refractivity contribution < 1.29 is 13.7 Å². The minimum atomic E-state index is -0.596. The minimum absolute atomic E-state index is 0.0213. The summed E-state index contributed by atoms with van der Waals surface area (Å²) in [5, 5.41) is 4.35. The normalized spacial score (nSPS) is 15.9. The molecule has 1 aliphatic rings. The first-order chi connectivity index (χ1) is 30.2. The van der Waals surface area contributed by atoms with Gasteiger partial charge in [-0.2, -0.15) is 0 Å². The first-order valence-electron chi connectivity index (χ1n) is 22.2. The van der Waals surface area contributed by atoms with E-state index in [1.807, 2.05) is 18.2 Å². The van der Waals surface area contributed by atoms with Crippen LogP contribution >= 0.6 is 11.3 Å². The van der Waals surface area contributed by atoms with Crippen LogP contribution in [0.2, 0.25) is 0 Å². The molecule has 0 unspecified atom stereocenters. The van der Waals surface area contributed by atoms with Crippen molar-refractivity contribution in [2.75, 3.05) is 0 Å². The van der Waals surface area contributed by atoms with Crippen molar-refractivity contribution in [1.82, 2.24) is 19.5 Å². The summed E-state index contributed by atoms with van der Waals surface area (Å²) in [5.74, 6) is -0.587. The monoisotopic (exact) mass is 706 g/mol. The van der Waals surface area contributed by atoms with Gasteiger partial charge in [-0.05, 0) is 46.5 Å². The Morgan fingerprint density at radius 3 is 1.98 bits per heavy atom. The van der Waals surface area contributed by atoms with Crippen molar-refractivity contribution in [3.8, 4) is 51.0 Å². The molecule has 0 saturated carbocycles. The molecule has 53 heavy (non-hydrogen) atoms. The Hall–Kier alpha value is -6.43. The summed E-state index contributed by atoms with van der Waals surface area (Å²) in [6, 6.07) is 27.9. The van der Waals surface area contributed by atoms with E-state index >= 15 is 0 Å². The van der Waals surface area contributed by atoms with Gasteiger partial charge in [-0.3, -0.25) is 0 Å². The third kappa shape index (κ3) is 4.44. The van der Waals surface area contributed by atoms with Gasteiger partial charge in [-0.25, -0.2) is 15.0 Å². The molecule has 4 nitrogen and oxygen atoms in total. The second-order valence-electron chi connectivity index (χ2n) is 13.7. The fourth-order valence-electron chi connectivity index (χ4n) is 8.15. The third-order valence-corrected chi connectivity index (χ3v) is 11.5. The SMILES string of the molecule is [2H]c1c([2H])c([2H])c(-c2nc(-c3ccc4c(c3)sc3cccc(-n5c6ccccc6c6ccc7c(c65)C(C)(C)c5ccccc5-7)c34)nc(-c3c([2H])c([2H])c([2H])c([2H])c3[2H])n2)c([2H])c1[2H]. The van der Waals surface area contributed by atoms with E-state index in [0.29, 0.717) is 5.56 Å². The summed E-state index contributed by atoms with van der Waals surface area (Å²) in [5.41, 5.74) is 7.88. The fraction of sp³-hybridized carbons (Fsp3) is 0.0625. The Balaban J connectivity index is 1.16. The fourth-order valence-corrected chi connectivity index (χ4v) is 9.31. The van der Waals surface area contributed by atoms with Crippen LogP contribution in [0.15, 0.2) is 157 Å². The summed E-state index contributed by atoms with van der Waals surface area (Å²) < 4.78 is 88.9. The summed E-state index contributed by atoms with van der Waals surface area (Å²) in [4.78, 5) is 13.8. The number of benzene rings is 7. The zero-order chi connectivity index (χ0) is 44.0. The van der Waals surface area contributed by atoms with Crippen molar-refractivity contribution in [2.24, 2.45) is 0 Å². The molecule has 1 aliphatic carbocycles. The molecule has 10 aromatic rings. The molecule has 3 heterocycles. The van der Waals surface area contributed by atoms with Gasteiger partial charge < -0.3 is 4.57 Å². The molecule has 11 rings (SSSR count). The maximum atomic E-state index is 8.72. The molecule has 0 saturated heterocycles. The summed E-state index contributed by atoms with van der Waals surface area (Å²) >= 11 is 1.58. The highest BCUT2D eigenvalue weighted by Gasteiger charge is 2.38. The van der Waals surface area contributed by atoms with E-state index in [2.05, 4.69) is 112 Å². The van der Waals surface area contributed by atoms with Crippen molar-refractivity contribution in [2.45, 2.75) is 19.3 Å². The van der Waals surface area contributed by atoms with Crippen LogP contribution in [0.5, 0.6) is 0 Å². The smallest absolute Gasteiger partial charge is 0.164 e. The maximum Gasteiger partial charge on any atom is 0.164 e. The lowest BCUT2D eigenvalue weighted by atomic mass is 9.81. The topological polar surface area (TPSA) is 43.6 Å². The van der Waals surface area contributed by atoms with Crippen LogP contribution in [0.25, 0.3) is 93.0 Å². The number of fused-ring (bicyclic) bond motifs is 10. The Kier molecular flexibility index (Phi) is 4.65. The van der Waals surface area contributed by atoms with E-state index in [1.165, 1.54) is 27.6 Å². The Morgan fingerprint density at radius 1 is 0.566 bits per heavy atom. The Labute approximate surface area is 324 Å². The molecule has 0 amide bonds. The van der Waals surface area contributed by atoms with Crippen LogP contribution in [-0.2, 0) is 5.41 Å². The molecule has 0 radical (unpaired) electrons. The van der Waals surface area contributed by atoms with Gasteiger partial charge >= 0.3 is 0 Å². The number of para-hydroxylation sites is 1. The lowest BCUT2D eigenvalue weighted by Gasteiger charge is -2.24. The molecule has 0 spiro atoms. The van der Waals surface area contributed by atoms with Gasteiger partial charge in [0, 0.05) is 53.1 Å². The van der Waals surface area contributed by atoms with Crippen molar-refractivity contribution in [1.29, 1.82) is 0 Å². The van der Waals surface area contributed by atoms with Crippen LogP contribution < -0.4 is 0 Å².